The van der Waals surface area contributed by atoms with Crippen LogP contribution in [0.3, 0.4) is 0 Å². The van der Waals surface area contributed by atoms with E-state index in [2.05, 4.69) is 15.6 Å². The minimum Gasteiger partial charge on any atom is -0.502 e. The van der Waals surface area contributed by atoms with Gasteiger partial charge in [-0.25, -0.2) is 4.98 Å². The van der Waals surface area contributed by atoms with Gasteiger partial charge in [0.05, 0.1) is 12.3 Å². The summed E-state index contributed by atoms with van der Waals surface area (Å²) in [6.45, 7) is -0.207. The summed E-state index contributed by atoms with van der Waals surface area (Å²) in [5.41, 5.74) is 6.70. The summed E-state index contributed by atoms with van der Waals surface area (Å²) in [4.78, 5) is 15.8. The smallest absolute Gasteiger partial charge is 0.288 e. The van der Waals surface area contributed by atoms with Crippen LogP contribution in [0, 0.1) is 0 Å². The third kappa shape index (κ3) is 3.26. The molecule has 0 aliphatic heterocycles. The second-order valence-electron chi connectivity index (χ2n) is 4.67. The van der Waals surface area contributed by atoms with Gasteiger partial charge >= 0.3 is 0 Å². The van der Waals surface area contributed by atoms with Crippen molar-refractivity contribution in [1.29, 1.82) is 0 Å². The lowest BCUT2D eigenvalue weighted by Gasteiger charge is -2.09. The van der Waals surface area contributed by atoms with Crippen LogP contribution in [0.5, 0.6) is 0 Å². The van der Waals surface area contributed by atoms with Crippen molar-refractivity contribution in [2.75, 3.05) is 19.4 Å². The van der Waals surface area contributed by atoms with Gasteiger partial charge in [0.15, 0.2) is 0 Å². The highest BCUT2D eigenvalue weighted by molar-refractivity contribution is 5.92. The molecule has 0 radical (unpaired) electrons. The van der Waals surface area contributed by atoms with Crippen LogP contribution in [0.25, 0.3) is 10.8 Å². The summed E-state index contributed by atoms with van der Waals surface area (Å²) < 4.78 is 0. The van der Waals surface area contributed by atoms with Crippen molar-refractivity contribution in [2.24, 2.45) is 0 Å². The number of fused-ring (bicyclic) bond motifs is 1. The van der Waals surface area contributed by atoms with E-state index in [1.807, 2.05) is 24.3 Å². The fourth-order valence-corrected chi connectivity index (χ4v) is 2.04. The van der Waals surface area contributed by atoms with Crippen molar-refractivity contribution in [2.45, 2.75) is 6.54 Å². The lowest BCUT2D eigenvalue weighted by molar-refractivity contribution is -0.120. The van der Waals surface area contributed by atoms with Crippen molar-refractivity contribution in [3.8, 4) is 0 Å². The summed E-state index contributed by atoms with van der Waals surface area (Å²) in [5, 5.41) is 25.6. The summed E-state index contributed by atoms with van der Waals surface area (Å²) in [7, 11) is 1.51. The van der Waals surface area contributed by atoms with Gasteiger partial charge in [0.1, 0.15) is 5.82 Å². The molecule has 0 aliphatic rings. The average molecular weight is 302 g/mol. The standard InChI is InChI=1S/C15H18N4O3/c1-17-12(8-20)13(21)15(22)19-7-9-2-3-11-10(6-9)4-5-18-14(11)16/h2-6,17,20-21H,7-8H2,1H3,(H2,16,18)(H,19,22)/b13-12-. The minimum absolute atomic E-state index is 0.0647. The molecule has 1 aromatic heterocycles. The molecule has 1 heterocycles. The third-order valence-corrected chi connectivity index (χ3v) is 3.27. The molecular weight excluding hydrogens is 284 g/mol. The Bertz CT molecular complexity index is 722. The van der Waals surface area contributed by atoms with E-state index < -0.39 is 18.3 Å². The van der Waals surface area contributed by atoms with Crippen LogP contribution in [-0.2, 0) is 11.3 Å². The maximum absolute atomic E-state index is 11.8. The molecule has 2 rings (SSSR count). The van der Waals surface area contributed by atoms with Gasteiger partial charge in [-0.1, -0.05) is 12.1 Å². The number of pyridine rings is 1. The largest absolute Gasteiger partial charge is 0.502 e. The third-order valence-electron chi connectivity index (χ3n) is 3.27. The number of aliphatic hydroxyl groups excluding tert-OH is 2. The number of hydrogen-bond acceptors (Lipinski definition) is 6. The number of rotatable bonds is 5. The highest BCUT2D eigenvalue weighted by Crippen LogP contribution is 2.19. The van der Waals surface area contributed by atoms with E-state index in [0.29, 0.717) is 5.82 Å². The SMILES string of the molecule is CN/C(CO)=C(\O)C(=O)NCc1ccc2c(N)nccc2c1. The van der Waals surface area contributed by atoms with Crippen molar-refractivity contribution in [3.63, 3.8) is 0 Å². The summed E-state index contributed by atoms with van der Waals surface area (Å²) >= 11 is 0. The first-order valence-corrected chi connectivity index (χ1v) is 6.69. The topological polar surface area (TPSA) is 120 Å². The van der Waals surface area contributed by atoms with Crippen LogP contribution in [0.1, 0.15) is 5.56 Å². The van der Waals surface area contributed by atoms with Gasteiger partial charge in [-0.15, -0.1) is 0 Å². The van der Waals surface area contributed by atoms with Crippen LogP contribution in [0.15, 0.2) is 41.9 Å². The fraction of sp³-hybridized carbons (Fsp3) is 0.200. The number of hydrogen-bond donors (Lipinski definition) is 5. The Balaban J connectivity index is 2.12. The Labute approximate surface area is 127 Å². The monoisotopic (exact) mass is 302 g/mol. The van der Waals surface area contributed by atoms with E-state index in [1.165, 1.54) is 7.05 Å². The lowest BCUT2D eigenvalue weighted by Crippen LogP contribution is -2.28. The lowest BCUT2D eigenvalue weighted by atomic mass is 10.1. The number of nitrogens with one attached hydrogen (secondary N) is 2. The zero-order valence-electron chi connectivity index (χ0n) is 12.1. The molecule has 2 aromatic rings. The van der Waals surface area contributed by atoms with Crippen LogP contribution in [0.2, 0.25) is 0 Å². The molecule has 0 atom stereocenters. The Hall–Kier alpha value is -2.80. The number of amides is 1. The maximum Gasteiger partial charge on any atom is 0.288 e. The molecule has 0 aliphatic carbocycles. The summed E-state index contributed by atoms with van der Waals surface area (Å²) in [6, 6.07) is 7.38. The number of nitrogens with two attached hydrogens (primary N) is 1. The Morgan fingerprint density at radius 2 is 2.14 bits per heavy atom. The molecule has 0 fully saturated rings. The molecule has 0 unspecified atom stereocenters. The first-order valence-electron chi connectivity index (χ1n) is 6.69. The summed E-state index contributed by atoms with van der Waals surface area (Å²) in [6.07, 6.45) is 1.62. The van der Waals surface area contributed by atoms with Crippen LogP contribution < -0.4 is 16.4 Å². The van der Waals surface area contributed by atoms with Gasteiger partial charge in [-0.2, -0.15) is 0 Å². The normalized spacial score (nSPS) is 11.9. The molecule has 0 spiro atoms. The van der Waals surface area contributed by atoms with E-state index in [4.69, 9.17) is 10.8 Å². The minimum atomic E-state index is -0.660. The van der Waals surface area contributed by atoms with Crippen molar-refractivity contribution < 1.29 is 15.0 Å². The Morgan fingerprint density at radius 3 is 2.82 bits per heavy atom. The quantitative estimate of drug-likeness (QED) is 0.403. The van der Waals surface area contributed by atoms with Crippen molar-refractivity contribution in [1.82, 2.24) is 15.6 Å². The van der Waals surface area contributed by atoms with E-state index in [0.717, 1.165) is 16.3 Å². The number of carbonyl (C=O) groups is 1. The first-order chi connectivity index (χ1) is 10.6. The number of nitrogens with zero attached hydrogens (tertiary/aromatic N) is 1. The molecule has 7 heteroatoms. The number of aliphatic hydroxyl groups is 2. The molecule has 0 saturated carbocycles. The second kappa shape index (κ2) is 6.77. The van der Waals surface area contributed by atoms with Gasteiger partial charge in [0.25, 0.3) is 5.91 Å². The zero-order chi connectivity index (χ0) is 16.1. The van der Waals surface area contributed by atoms with Gasteiger partial charge in [-0.3, -0.25) is 4.79 Å². The Kier molecular flexibility index (Phi) is 4.80. The molecule has 116 valence electrons. The fourth-order valence-electron chi connectivity index (χ4n) is 2.04. The predicted octanol–water partition coefficient (Wildman–Crippen LogP) is 0.415. The molecular formula is C15H18N4O3. The van der Waals surface area contributed by atoms with E-state index in [-0.39, 0.29) is 12.2 Å². The van der Waals surface area contributed by atoms with Gasteiger partial charge in [0, 0.05) is 25.2 Å². The van der Waals surface area contributed by atoms with Gasteiger partial charge in [0.2, 0.25) is 5.76 Å². The molecule has 6 N–H and O–H groups in total. The second-order valence-corrected chi connectivity index (χ2v) is 4.67. The molecule has 0 bridgehead atoms. The maximum atomic E-state index is 11.8. The number of likely N-dealkylation sites (N-methyl/N-ethyl adjacent to an activating group) is 1. The highest BCUT2D eigenvalue weighted by Gasteiger charge is 2.12. The van der Waals surface area contributed by atoms with Gasteiger partial charge in [-0.05, 0) is 23.1 Å². The molecule has 7 nitrogen and oxygen atoms in total. The number of anilines is 1. The van der Waals surface area contributed by atoms with Crippen LogP contribution in [-0.4, -0.2) is 34.8 Å². The summed E-state index contributed by atoms with van der Waals surface area (Å²) in [5.74, 6) is -0.734. The molecule has 1 amide bonds. The predicted molar refractivity (Wildman–Crippen MR) is 83.8 cm³/mol. The van der Waals surface area contributed by atoms with E-state index in [1.54, 1.807) is 6.20 Å². The Morgan fingerprint density at radius 1 is 1.36 bits per heavy atom. The van der Waals surface area contributed by atoms with Crippen LogP contribution >= 0.6 is 0 Å². The van der Waals surface area contributed by atoms with Crippen molar-refractivity contribution >= 4 is 22.5 Å². The molecule has 1 aromatic carbocycles. The van der Waals surface area contributed by atoms with Gasteiger partial charge < -0.3 is 26.6 Å². The number of carbonyl (C=O) groups excluding carboxylic acids is 1. The van der Waals surface area contributed by atoms with E-state index in [9.17, 15) is 9.90 Å². The van der Waals surface area contributed by atoms with Crippen LogP contribution in [0.4, 0.5) is 5.82 Å². The molecule has 0 saturated heterocycles. The number of aromatic nitrogens is 1. The zero-order valence-corrected chi connectivity index (χ0v) is 12.1. The molecule has 22 heavy (non-hydrogen) atoms. The highest BCUT2D eigenvalue weighted by atomic mass is 16.3. The first kappa shape index (κ1) is 15.6. The average Bonchev–Trinajstić information content (AvgIpc) is 2.53. The number of benzene rings is 1. The number of nitrogen functional groups attached to an aromatic ring is 1. The van der Waals surface area contributed by atoms with Crippen molar-refractivity contribution in [3.05, 3.63) is 47.5 Å². The van der Waals surface area contributed by atoms with E-state index >= 15 is 0 Å².